The normalized spacial score (nSPS) is 10.6. The summed E-state index contributed by atoms with van der Waals surface area (Å²) in [5.74, 6) is -0.369. The number of hydrogen-bond donors (Lipinski definition) is 2. The topological polar surface area (TPSA) is 66.0 Å². The van der Waals surface area contributed by atoms with E-state index >= 15 is 0 Å². The predicted molar refractivity (Wildman–Crippen MR) is 69.7 cm³/mol. The lowest BCUT2D eigenvalue weighted by atomic mass is 10.1. The summed E-state index contributed by atoms with van der Waals surface area (Å²) in [6, 6.07) is 7.99. The van der Waals surface area contributed by atoms with Gasteiger partial charge >= 0.3 is 5.97 Å². The van der Waals surface area contributed by atoms with Gasteiger partial charge in [-0.2, -0.15) is 0 Å². The van der Waals surface area contributed by atoms with Gasteiger partial charge < -0.3 is 10.1 Å². The number of H-pyrrole nitrogens is 1. The smallest absolute Gasteiger partial charge is 0.356 e. The Kier molecular flexibility index (Phi) is 3.46. The van der Waals surface area contributed by atoms with E-state index in [2.05, 4.69) is 16.9 Å². The number of hydrogen-bond acceptors (Lipinski definition) is 2. The zero-order chi connectivity index (χ0) is 13.1. The first kappa shape index (κ1) is 12.4. The molecule has 1 aromatic heterocycles. The summed E-state index contributed by atoms with van der Waals surface area (Å²) in [6.45, 7) is 4.00. The molecule has 18 heavy (non-hydrogen) atoms. The first-order valence-electron chi connectivity index (χ1n) is 6.07. The number of aryl methyl sites for hydroxylation is 2. The Balaban J connectivity index is 2.40. The van der Waals surface area contributed by atoms with Gasteiger partial charge in [-0.15, -0.1) is 0 Å². The van der Waals surface area contributed by atoms with Crippen molar-refractivity contribution in [3.63, 3.8) is 0 Å². The van der Waals surface area contributed by atoms with Gasteiger partial charge in [-0.05, 0) is 18.4 Å². The minimum Gasteiger partial charge on any atom is -0.476 e. The lowest BCUT2D eigenvalue weighted by molar-refractivity contribution is 0.0690. The van der Waals surface area contributed by atoms with Crippen molar-refractivity contribution in [2.75, 3.05) is 0 Å². The monoisotopic (exact) mass is 244 g/mol. The van der Waals surface area contributed by atoms with Crippen molar-refractivity contribution in [3.8, 4) is 11.4 Å². The number of aromatic amines is 1. The van der Waals surface area contributed by atoms with E-state index in [1.165, 1.54) is 5.56 Å². The lowest BCUT2D eigenvalue weighted by Crippen LogP contribution is -2.00. The van der Waals surface area contributed by atoms with Crippen LogP contribution in [0.5, 0.6) is 0 Å². The maximum Gasteiger partial charge on any atom is 0.356 e. The van der Waals surface area contributed by atoms with Crippen LogP contribution in [-0.4, -0.2) is 21.0 Å². The summed E-state index contributed by atoms with van der Waals surface area (Å²) >= 11 is 0. The molecule has 0 radical (unpaired) electrons. The van der Waals surface area contributed by atoms with Crippen molar-refractivity contribution >= 4 is 5.97 Å². The molecule has 0 saturated heterocycles. The number of carboxylic acids is 1. The molecule has 2 N–H and O–H groups in total. The van der Waals surface area contributed by atoms with Crippen LogP contribution >= 0.6 is 0 Å². The summed E-state index contributed by atoms with van der Waals surface area (Å²) in [4.78, 5) is 18.3. The Bertz CT molecular complexity index is 556. The van der Waals surface area contributed by atoms with Crippen molar-refractivity contribution in [2.24, 2.45) is 0 Å². The Morgan fingerprint density at radius 2 is 1.89 bits per heavy atom. The fraction of sp³-hybridized carbons (Fsp3) is 0.286. The molecule has 2 rings (SSSR count). The van der Waals surface area contributed by atoms with Gasteiger partial charge in [-0.25, -0.2) is 9.78 Å². The second-order valence-electron chi connectivity index (χ2n) is 4.12. The molecular formula is C14H16N2O2. The van der Waals surface area contributed by atoms with Crippen molar-refractivity contribution in [2.45, 2.75) is 26.7 Å². The minimum atomic E-state index is -0.987. The van der Waals surface area contributed by atoms with Crippen LogP contribution in [-0.2, 0) is 12.8 Å². The van der Waals surface area contributed by atoms with Crippen LogP contribution in [0.25, 0.3) is 11.4 Å². The lowest BCUT2D eigenvalue weighted by Gasteiger charge is -1.99. The Morgan fingerprint density at radius 1 is 1.22 bits per heavy atom. The zero-order valence-corrected chi connectivity index (χ0v) is 10.5. The first-order valence-corrected chi connectivity index (χ1v) is 6.07. The van der Waals surface area contributed by atoms with E-state index in [0.29, 0.717) is 17.9 Å². The number of carbonyl (C=O) groups is 1. The summed E-state index contributed by atoms with van der Waals surface area (Å²) in [5, 5.41) is 9.06. The summed E-state index contributed by atoms with van der Waals surface area (Å²) in [6.07, 6.45) is 1.61. The molecule has 2 aromatic rings. The largest absolute Gasteiger partial charge is 0.476 e. The Morgan fingerprint density at radius 3 is 2.33 bits per heavy atom. The number of carboxylic acid groups (broad SMARTS) is 1. The molecule has 0 fully saturated rings. The average Bonchev–Trinajstić information content (AvgIpc) is 2.83. The molecule has 0 spiro atoms. The predicted octanol–water partition coefficient (Wildman–Crippen LogP) is 2.90. The molecule has 0 aliphatic heterocycles. The van der Waals surface area contributed by atoms with Crippen molar-refractivity contribution in [3.05, 3.63) is 41.2 Å². The zero-order valence-electron chi connectivity index (χ0n) is 10.5. The van der Waals surface area contributed by atoms with Gasteiger partial charge in [0.1, 0.15) is 5.82 Å². The van der Waals surface area contributed by atoms with Crippen LogP contribution < -0.4 is 0 Å². The SMILES string of the molecule is CCc1ccc(-c2nc(C(=O)O)c(CC)[nH]2)cc1. The molecule has 0 atom stereocenters. The van der Waals surface area contributed by atoms with Gasteiger partial charge in [-0.1, -0.05) is 38.1 Å². The van der Waals surface area contributed by atoms with Crippen LogP contribution in [0.15, 0.2) is 24.3 Å². The highest BCUT2D eigenvalue weighted by atomic mass is 16.4. The molecule has 1 heterocycles. The van der Waals surface area contributed by atoms with Gasteiger partial charge in [0.05, 0.1) is 0 Å². The van der Waals surface area contributed by atoms with Crippen LogP contribution in [0.2, 0.25) is 0 Å². The highest BCUT2D eigenvalue weighted by Crippen LogP contribution is 2.19. The van der Waals surface area contributed by atoms with Crippen LogP contribution in [0.3, 0.4) is 0 Å². The van der Waals surface area contributed by atoms with Crippen LogP contribution in [0.1, 0.15) is 35.6 Å². The summed E-state index contributed by atoms with van der Waals surface area (Å²) < 4.78 is 0. The third kappa shape index (κ3) is 2.27. The molecule has 4 heteroatoms. The molecule has 4 nitrogen and oxygen atoms in total. The van der Waals surface area contributed by atoms with E-state index in [0.717, 1.165) is 12.0 Å². The molecule has 0 aliphatic rings. The number of aromatic nitrogens is 2. The van der Waals surface area contributed by atoms with Crippen molar-refractivity contribution in [1.29, 1.82) is 0 Å². The van der Waals surface area contributed by atoms with E-state index in [1.807, 2.05) is 31.2 Å². The van der Waals surface area contributed by atoms with E-state index < -0.39 is 5.97 Å². The third-order valence-electron chi connectivity index (χ3n) is 2.97. The molecule has 0 aliphatic carbocycles. The maximum atomic E-state index is 11.0. The second-order valence-corrected chi connectivity index (χ2v) is 4.12. The standard InChI is InChI=1S/C14H16N2O2/c1-3-9-5-7-10(8-6-9)13-15-11(4-2)12(16-13)14(17)18/h5-8H,3-4H2,1-2H3,(H,15,16)(H,17,18). The van der Waals surface area contributed by atoms with E-state index in [9.17, 15) is 4.79 Å². The molecule has 0 bridgehead atoms. The number of aromatic carboxylic acids is 1. The Hall–Kier alpha value is -2.10. The fourth-order valence-corrected chi connectivity index (χ4v) is 1.88. The first-order chi connectivity index (χ1) is 8.65. The Labute approximate surface area is 106 Å². The highest BCUT2D eigenvalue weighted by Gasteiger charge is 2.15. The number of benzene rings is 1. The van der Waals surface area contributed by atoms with Gasteiger partial charge in [0, 0.05) is 11.3 Å². The van der Waals surface area contributed by atoms with E-state index in [4.69, 9.17) is 5.11 Å². The van der Waals surface area contributed by atoms with Crippen molar-refractivity contribution in [1.82, 2.24) is 9.97 Å². The molecule has 0 amide bonds. The van der Waals surface area contributed by atoms with Gasteiger partial charge in [0.25, 0.3) is 0 Å². The van der Waals surface area contributed by atoms with E-state index in [1.54, 1.807) is 0 Å². The van der Waals surface area contributed by atoms with E-state index in [-0.39, 0.29) is 5.69 Å². The number of imidazole rings is 1. The van der Waals surface area contributed by atoms with Gasteiger partial charge in [0.15, 0.2) is 5.69 Å². The second kappa shape index (κ2) is 5.04. The fourth-order valence-electron chi connectivity index (χ4n) is 1.88. The van der Waals surface area contributed by atoms with Gasteiger partial charge in [0.2, 0.25) is 0 Å². The third-order valence-corrected chi connectivity index (χ3v) is 2.97. The number of rotatable bonds is 4. The van der Waals surface area contributed by atoms with Gasteiger partial charge in [-0.3, -0.25) is 0 Å². The number of nitrogens with zero attached hydrogens (tertiary/aromatic N) is 1. The maximum absolute atomic E-state index is 11.0. The summed E-state index contributed by atoms with van der Waals surface area (Å²) in [7, 11) is 0. The average molecular weight is 244 g/mol. The minimum absolute atomic E-state index is 0.118. The van der Waals surface area contributed by atoms with Crippen LogP contribution in [0, 0.1) is 0 Å². The van der Waals surface area contributed by atoms with Crippen molar-refractivity contribution < 1.29 is 9.90 Å². The van der Waals surface area contributed by atoms with Crippen LogP contribution in [0.4, 0.5) is 0 Å². The molecule has 1 aromatic carbocycles. The quantitative estimate of drug-likeness (QED) is 0.869. The molecule has 0 unspecified atom stereocenters. The molecule has 94 valence electrons. The highest BCUT2D eigenvalue weighted by molar-refractivity contribution is 5.87. The molecule has 0 saturated carbocycles. The number of nitrogens with one attached hydrogen (secondary N) is 1. The molecular weight excluding hydrogens is 228 g/mol. The summed E-state index contributed by atoms with van der Waals surface area (Å²) in [5.41, 5.74) is 2.94.